The van der Waals surface area contributed by atoms with Crippen LogP contribution in [0.5, 0.6) is 23.0 Å². The molecule has 8 aromatic rings. The minimum absolute atomic E-state index is 0.165. The molecule has 1 aliphatic heterocycles. The molecule has 0 unspecified atom stereocenters. The van der Waals surface area contributed by atoms with Crippen molar-refractivity contribution in [2.24, 2.45) is 0 Å². The Labute approximate surface area is 495 Å². The van der Waals surface area contributed by atoms with Crippen LogP contribution in [0.1, 0.15) is 105 Å². The molecule has 1 heterocycles. The molecule has 0 aliphatic carbocycles. The number of phenolic OH excluding ortho intramolecular Hbond substituents is 1. The summed E-state index contributed by atoms with van der Waals surface area (Å²) in [5.41, 5.74) is 22.7. The van der Waals surface area contributed by atoms with Gasteiger partial charge in [-0.25, -0.2) is 0 Å². The molecular weight excluding hydrogens is 1110 g/mol. The Morgan fingerprint density at radius 1 is 0.346 bits per heavy atom. The summed E-state index contributed by atoms with van der Waals surface area (Å²) >= 11 is -3.88. The standard InChI is InChI=1S/2C36H42O2Si2.Ga/c2*1-7-39(8-2,9-3)23-21-27-13-17-31-29(25-27)15-19-33(37)35(31)36-32-18-14-28(26-30(32)16-20-34(36)38)22-24-40(10-4,11-5)12-6;/h2*13-20,25-26,37-38H,7-12H2,1-6H3;/q;;+3/p-3. The summed E-state index contributed by atoms with van der Waals surface area (Å²) in [6, 6.07) is 56.5. The Bertz CT molecular complexity index is 3770. The summed E-state index contributed by atoms with van der Waals surface area (Å²) in [7, 11) is -6.72. The van der Waals surface area contributed by atoms with Crippen LogP contribution in [0.3, 0.4) is 0 Å². The third kappa shape index (κ3) is 12.0. The number of hydrogen-bond donors (Lipinski definition) is 1. The van der Waals surface area contributed by atoms with Gasteiger partial charge in [0.1, 0.15) is 0 Å². The molecule has 0 radical (unpaired) electrons. The van der Waals surface area contributed by atoms with Gasteiger partial charge in [-0.1, -0.05) is 20.8 Å². The number of rotatable bonds is 15. The van der Waals surface area contributed by atoms with E-state index in [1.807, 2.05) is 18.2 Å². The number of hydrogen-bond acceptors (Lipinski definition) is 4. The number of benzene rings is 8. The molecule has 0 saturated carbocycles. The van der Waals surface area contributed by atoms with E-state index in [1.54, 1.807) is 0 Å². The van der Waals surface area contributed by atoms with Crippen LogP contribution in [-0.2, 0) is 0 Å². The predicted octanol–water partition coefficient (Wildman–Crippen LogP) is 19.8. The van der Waals surface area contributed by atoms with Crippen molar-refractivity contribution in [3.63, 3.8) is 0 Å². The van der Waals surface area contributed by atoms with Crippen molar-refractivity contribution in [1.29, 1.82) is 0 Å². The second-order valence-corrected chi connectivity index (χ2v) is 44.9. The second-order valence-electron chi connectivity index (χ2n) is 22.5. The van der Waals surface area contributed by atoms with E-state index in [4.69, 9.17) is 10.6 Å². The number of aromatic hydroxyl groups is 1. The molecule has 0 amide bonds. The fourth-order valence-corrected chi connectivity index (χ4v) is 24.8. The van der Waals surface area contributed by atoms with Crippen molar-refractivity contribution in [3.05, 3.63) is 144 Å². The Hall–Kier alpha value is -6.26. The van der Waals surface area contributed by atoms with Crippen molar-refractivity contribution in [3.8, 4) is 91.1 Å². The van der Waals surface area contributed by atoms with Crippen molar-refractivity contribution >= 4 is 92.7 Å². The van der Waals surface area contributed by atoms with Gasteiger partial charge >= 0.3 is 478 Å². The first-order valence-corrected chi connectivity index (χ1v) is 43.8. The van der Waals surface area contributed by atoms with Crippen molar-refractivity contribution in [2.45, 2.75) is 156 Å². The fourth-order valence-electron chi connectivity index (χ4n) is 12.2. The zero-order valence-corrected chi connectivity index (χ0v) is 56.7. The van der Waals surface area contributed by atoms with E-state index >= 15 is 0 Å². The van der Waals surface area contributed by atoms with Gasteiger partial charge in [0, 0.05) is 0 Å². The Kier molecular flexibility index (Phi) is 18.7. The SMILES string of the molecule is CC[Si](C#Cc1ccc2c(-c3c([O][Ga]4[O]c5ccc6cc(C#C[Si](CC)(CC)CC)ccc6c5-c5c(ccc6cc(C#C[Si](CC)(CC)CC)ccc56)[O]4)ccc4cc(C#C[Si](CC)(CC)CC)ccc34)c(O)ccc2c1)(CC)CC. The van der Waals surface area contributed by atoms with Gasteiger partial charge in [0.15, 0.2) is 0 Å². The first-order chi connectivity index (χ1) is 39.3. The molecule has 0 spiro atoms. The van der Waals surface area contributed by atoms with Crippen molar-refractivity contribution in [2.75, 3.05) is 0 Å². The van der Waals surface area contributed by atoms with Crippen molar-refractivity contribution in [1.82, 2.24) is 0 Å². The van der Waals surface area contributed by atoms with Gasteiger partial charge in [0.25, 0.3) is 0 Å². The smallest absolute Gasteiger partial charge is 0.0669 e. The van der Waals surface area contributed by atoms with Crippen LogP contribution >= 0.6 is 0 Å². The van der Waals surface area contributed by atoms with Crippen LogP contribution in [0.25, 0.3) is 65.3 Å². The van der Waals surface area contributed by atoms with E-state index in [2.05, 4.69) is 232 Å². The zero-order valence-electron chi connectivity index (χ0n) is 50.3. The third-order valence-corrected chi connectivity index (χ3v) is 40.8. The number of phenols is 1. The molecule has 0 bridgehead atoms. The van der Waals surface area contributed by atoms with Gasteiger partial charge in [-0.3, -0.25) is 0 Å². The molecule has 412 valence electrons. The molecule has 0 atom stereocenters. The van der Waals surface area contributed by atoms with E-state index in [0.29, 0.717) is 11.3 Å². The van der Waals surface area contributed by atoms with Gasteiger partial charge in [0.05, 0.1) is 0 Å². The molecule has 0 aromatic heterocycles. The van der Waals surface area contributed by atoms with Gasteiger partial charge in [-0.2, -0.15) is 0 Å². The summed E-state index contributed by atoms with van der Waals surface area (Å²) in [5.74, 6) is 16.7. The maximum atomic E-state index is 12.2. The normalized spacial score (nSPS) is 12.4. The average molecular weight is 1190 g/mol. The summed E-state index contributed by atoms with van der Waals surface area (Å²) in [6.07, 6.45) is 0. The maximum absolute atomic E-state index is 12.2. The molecule has 0 saturated heterocycles. The van der Waals surface area contributed by atoms with Gasteiger partial charge in [-0.05, 0) is 0 Å². The molecule has 9 heteroatoms. The Morgan fingerprint density at radius 3 is 0.951 bits per heavy atom. The van der Waals surface area contributed by atoms with Gasteiger partial charge in [0.2, 0.25) is 0 Å². The van der Waals surface area contributed by atoms with Crippen LogP contribution in [0, 0.1) is 45.9 Å². The zero-order chi connectivity index (χ0) is 57.5. The topological polar surface area (TPSA) is 47.9 Å². The molecule has 1 N–H and O–H groups in total. The van der Waals surface area contributed by atoms with E-state index in [0.717, 1.165) is 166 Å². The molecule has 81 heavy (non-hydrogen) atoms. The second kappa shape index (κ2) is 25.5. The van der Waals surface area contributed by atoms with Crippen LogP contribution in [0.4, 0.5) is 0 Å². The van der Waals surface area contributed by atoms with E-state index in [-0.39, 0.29) is 5.75 Å². The fraction of sp³-hybridized carbons (Fsp3) is 0.333. The van der Waals surface area contributed by atoms with E-state index < -0.39 is 49.6 Å². The van der Waals surface area contributed by atoms with Crippen molar-refractivity contribution < 1.29 is 15.7 Å². The summed E-state index contributed by atoms with van der Waals surface area (Å²) < 4.78 is 21.9. The first-order valence-electron chi connectivity index (χ1n) is 30.4. The van der Waals surface area contributed by atoms with Crippen LogP contribution in [0.15, 0.2) is 121 Å². The minimum atomic E-state index is -3.88. The average Bonchev–Trinajstić information content (AvgIpc) is 3.88. The quantitative estimate of drug-likeness (QED) is 0.0821. The van der Waals surface area contributed by atoms with E-state index in [1.165, 1.54) is 0 Å². The van der Waals surface area contributed by atoms with Gasteiger partial charge < -0.3 is 0 Å². The minimum Gasteiger partial charge on any atom is -0.0669 e. The van der Waals surface area contributed by atoms with Gasteiger partial charge in [-0.15, -0.1) is 0 Å². The summed E-state index contributed by atoms with van der Waals surface area (Å²) in [5, 5.41) is 20.4. The van der Waals surface area contributed by atoms with Crippen LogP contribution in [0.2, 0.25) is 72.5 Å². The molecule has 0 fully saturated rings. The third-order valence-electron chi connectivity index (χ3n) is 19.1. The van der Waals surface area contributed by atoms with Crippen LogP contribution in [-0.4, -0.2) is 54.7 Å². The first kappa shape index (κ1) is 59.4. The molecule has 1 aliphatic rings. The predicted molar refractivity (Wildman–Crippen MR) is 359 cm³/mol. The molecule has 9 rings (SSSR count). The van der Waals surface area contributed by atoms with E-state index in [9.17, 15) is 5.11 Å². The monoisotopic (exact) mass is 1190 g/mol. The Morgan fingerprint density at radius 2 is 0.630 bits per heavy atom. The molecule has 4 nitrogen and oxygen atoms in total. The summed E-state index contributed by atoms with van der Waals surface area (Å²) in [6.45, 7) is 27.6. The van der Waals surface area contributed by atoms with Crippen LogP contribution < -0.4 is 10.6 Å². The number of fused-ring (bicyclic) bond motifs is 9. The molecular formula is C72H81GaO4Si4. The summed E-state index contributed by atoms with van der Waals surface area (Å²) in [4.78, 5) is 0. The Balaban J connectivity index is 1.23. The molecule has 8 aromatic carbocycles.